The Hall–Kier alpha value is -2.21. The molecule has 1 aromatic rings. The van der Waals surface area contributed by atoms with Gasteiger partial charge in [-0.3, -0.25) is 19.2 Å². The molecule has 1 aromatic heterocycles. The topological polar surface area (TPSA) is 131 Å². The van der Waals surface area contributed by atoms with E-state index in [2.05, 4.69) is 10.2 Å². The van der Waals surface area contributed by atoms with E-state index in [1.54, 1.807) is 6.26 Å². The molecule has 0 aliphatic rings. The molecule has 150 valence electrons. The summed E-state index contributed by atoms with van der Waals surface area (Å²) in [5, 5.41) is 8.12. The van der Waals surface area contributed by atoms with Crippen molar-refractivity contribution in [2.24, 2.45) is 0 Å². The van der Waals surface area contributed by atoms with E-state index in [0.29, 0.717) is 4.34 Å². The zero-order chi connectivity index (χ0) is 20.6. The van der Waals surface area contributed by atoms with Gasteiger partial charge in [0.15, 0.2) is 27.7 Å². The van der Waals surface area contributed by atoms with Crippen LogP contribution in [-0.2, 0) is 38.1 Å². The Balaban J connectivity index is 3.30. The van der Waals surface area contributed by atoms with Crippen molar-refractivity contribution < 1.29 is 38.1 Å². The summed E-state index contributed by atoms with van der Waals surface area (Å²) < 4.78 is 21.2. The first-order chi connectivity index (χ1) is 12.6. The van der Waals surface area contributed by atoms with Crippen molar-refractivity contribution in [2.75, 3.05) is 12.9 Å². The first-order valence-electron chi connectivity index (χ1n) is 7.66. The third-order valence-electron chi connectivity index (χ3n) is 2.87. The molecule has 0 amide bonds. The highest BCUT2D eigenvalue weighted by Gasteiger charge is 2.40. The lowest BCUT2D eigenvalue weighted by atomic mass is 10.1. The molecular weight excluding hydrogens is 400 g/mol. The summed E-state index contributed by atoms with van der Waals surface area (Å²) in [6.45, 7) is 4.22. The average molecular weight is 420 g/mol. The van der Waals surface area contributed by atoms with E-state index >= 15 is 0 Å². The zero-order valence-electron chi connectivity index (χ0n) is 15.4. The average Bonchev–Trinajstić information content (AvgIpc) is 3.02. The Labute approximate surface area is 163 Å². The number of nitrogens with zero attached hydrogens (tertiary/aromatic N) is 2. The number of hydrogen-bond donors (Lipinski definition) is 0. The van der Waals surface area contributed by atoms with Gasteiger partial charge < -0.3 is 18.9 Å². The Morgan fingerprint density at radius 3 is 1.96 bits per heavy atom. The molecule has 0 saturated heterocycles. The minimum Gasteiger partial charge on any atom is -0.462 e. The lowest BCUT2D eigenvalue weighted by Crippen LogP contribution is -2.43. The SMILES string of the molecule is CSc1nnc([C@H](OC(C)=O)[C@@H](OC(C)=O)[C@H](COC(C)=O)OC(C)=O)s1. The number of ether oxygens (including phenoxy) is 4. The van der Waals surface area contributed by atoms with Gasteiger partial charge in [-0.2, -0.15) is 0 Å². The molecule has 1 heterocycles. The maximum absolute atomic E-state index is 11.6. The van der Waals surface area contributed by atoms with Crippen LogP contribution in [0.3, 0.4) is 0 Å². The van der Waals surface area contributed by atoms with Crippen LogP contribution in [0.15, 0.2) is 4.34 Å². The highest BCUT2D eigenvalue weighted by molar-refractivity contribution is 8.00. The number of aromatic nitrogens is 2. The first kappa shape index (κ1) is 22.8. The molecule has 27 heavy (non-hydrogen) atoms. The van der Waals surface area contributed by atoms with E-state index in [4.69, 9.17) is 18.9 Å². The highest BCUT2D eigenvalue weighted by atomic mass is 32.2. The third kappa shape index (κ3) is 7.91. The highest BCUT2D eigenvalue weighted by Crippen LogP contribution is 2.32. The minimum absolute atomic E-state index is 0.237. The van der Waals surface area contributed by atoms with Crippen molar-refractivity contribution >= 4 is 47.0 Å². The quantitative estimate of drug-likeness (QED) is 0.325. The molecule has 1 rings (SSSR count). The standard InChI is InChI=1S/C15H20N2O8S2/c1-7(18)22-6-11(23-8(2)19)12(24-9(3)20)13(25-10(4)21)14-16-17-15(26-5)27-14/h11-13H,6H2,1-5H3/t11-,12-,13+/m0/s1. The molecule has 0 radical (unpaired) electrons. The summed E-state index contributed by atoms with van der Waals surface area (Å²) in [5.41, 5.74) is 0. The molecule has 3 atom stereocenters. The minimum atomic E-state index is -1.29. The molecule has 10 nitrogen and oxygen atoms in total. The van der Waals surface area contributed by atoms with Crippen molar-refractivity contribution in [3.05, 3.63) is 5.01 Å². The van der Waals surface area contributed by atoms with Crippen LogP contribution < -0.4 is 0 Å². The molecule has 0 spiro atoms. The van der Waals surface area contributed by atoms with Crippen LogP contribution >= 0.6 is 23.1 Å². The van der Waals surface area contributed by atoms with Crippen LogP contribution in [0.2, 0.25) is 0 Å². The van der Waals surface area contributed by atoms with Crippen LogP contribution in [0.4, 0.5) is 0 Å². The van der Waals surface area contributed by atoms with Crippen LogP contribution in [-0.4, -0.2) is 59.1 Å². The first-order valence-corrected chi connectivity index (χ1v) is 9.70. The predicted molar refractivity (Wildman–Crippen MR) is 93.9 cm³/mol. The van der Waals surface area contributed by atoms with E-state index < -0.39 is 48.8 Å². The monoisotopic (exact) mass is 420 g/mol. The van der Waals surface area contributed by atoms with Gasteiger partial charge in [0, 0.05) is 27.7 Å². The van der Waals surface area contributed by atoms with Crippen molar-refractivity contribution in [1.29, 1.82) is 0 Å². The molecule has 0 saturated carbocycles. The van der Waals surface area contributed by atoms with Crippen LogP contribution in [0.5, 0.6) is 0 Å². The van der Waals surface area contributed by atoms with Crippen molar-refractivity contribution in [3.63, 3.8) is 0 Å². The van der Waals surface area contributed by atoms with Gasteiger partial charge in [-0.15, -0.1) is 10.2 Å². The predicted octanol–water partition coefficient (Wildman–Crippen LogP) is 1.29. The maximum atomic E-state index is 11.6. The van der Waals surface area contributed by atoms with Gasteiger partial charge in [-0.1, -0.05) is 23.1 Å². The van der Waals surface area contributed by atoms with E-state index in [1.165, 1.54) is 25.6 Å². The van der Waals surface area contributed by atoms with E-state index in [9.17, 15) is 19.2 Å². The number of esters is 4. The summed E-state index contributed by atoms with van der Waals surface area (Å²) in [5.74, 6) is -2.72. The fourth-order valence-corrected chi connectivity index (χ4v) is 3.34. The zero-order valence-corrected chi connectivity index (χ0v) is 17.0. The molecule has 0 aliphatic heterocycles. The second-order valence-corrected chi connectivity index (χ2v) is 7.23. The van der Waals surface area contributed by atoms with Gasteiger partial charge in [-0.05, 0) is 6.26 Å². The van der Waals surface area contributed by atoms with Crippen molar-refractivity contribution in [2.45, 2.75) is 50.3 Å². The summed E-state index contributed by atoms with van der Waals surface area (Å²) in [6, 6.07) is 0. The van der Waals surface area contributed by atoms with Crippen LogP contribution in [0.1, 0.15) is 38.8 Å². The molecule has 0 unspecified atom stereocenters. The summed E-state index contributed by atoms with van der Waals surface area (Å²) in [7, 11) is 0. The summed E-state index contributed by atoms with van der Waals surface area (Å²) in [4.78, 5) is 45.9. The molecular formula is C15H20N2O8S2. The summed E-state index contributed by atoms with van der Waals surface area (Å²) >= 11 is 2.45. The number of hydrogen-bond acceptors (Lipinski definition) is 12. The normalized spacial score (nSPS) is 13.8. The Morgan fingerprint density at radius 1 is 0.926 bits per heavy atom. The number of carbonyl (C=O) groups is 4. The molecule has 0 aromatic carbocycles. The molecule has 0 N–H and O–H groups in total. The van der Waals surface area contributed by atoms with Gasteiger partial charge in [0.2, 0.25) is 0 Å². The van der Waals surface area contributed by atoms with Gasteiger partial charge in [0.05, 0.1) is 0 Å². The fraction of sp³-hybridized carbons (Fsp3) is 0.600. The second-order valence-electron chi connectivity index (χ2n) is 5.16. The number of thioether (sulfide) groups is 1. The van der Waals surface area contributed by atoms with Crippen molar-refractivity contribution in [3.8, 4) is 0 Å². The van der Waals surface area contributed by atoms with E-state index in [1.807, 2.05) is 0 Å². The van der Waals surface area contributed by atoms with Crippen LogP contribution in [0, 0.1) is 0 Å². The van der Waals surface area contributed by atoms with Gasteiger partial charge in [0.25, 0.3) is 0 Å². The van der Waals surface area contributed by atoms with Gasteiger partial charge in [0.1, 0.15) is 6.61 Å². The van der Waals surface area contributed by atoms with Crippen molar-refractivity contribution in [1.82, 2.24) is 10.2 Å². The molecule has 0 aliphatic carbocycles. The second kappa shape index (κ2) is 10.8. The maximum Gasteiger partial charge on any atom is 0.303 e. The smallest absolute Gasteiger partial charge is 0.303 e. The number of carbonyl (C=O) groups excluding carboxylic acids is 4. The summed E-state index contributed by atoms with van der Waals surface area (Å²) in [6.07, 6.45) is -1.93. The van der Waals surface area contributed by atoms with E-state index in [0.717, 1.165) is 25.2 Å². The largest absolute Gasteiger partial charge is 0.462 e. The molecule has 12 heteroatoms. The molecule has 0 fully saturated rings. The Bertz CT molecular complexity index is 693. The van der Waals surface area contributed by atoms with Gasteiger partial charge in [-0.25, -0.2) is 0 Å². The van der Waals surface area contributed by atoms with Crippen LogP contribution in [0.25, 0.3) is 0 Å². The Kier molecular flexibility index (Phi) is 9.15. The number of rotatable bonds is 9. The van der Waals surface area contributed by atoms with Gasteiger partial charge >= 0.3 is 23.9 Å². The lowest BCUT2D eigenvalue weighted by Gasteiger charge is -2.30. The molecule has 0 bridgehead atoms. The van der Waals surface area contributed by atoms with E-state index in [-0.39, 0.29) is 5.01 Å². The Morgan fingerprint density at radius 2 is 1.52 bits per heavy atom. The third-order valence-corrected chi connectivity index (χ3v) is 4.83. The fourth-order valence-electron chi connectivity index (χ4n) is 1.99. The lowest BCUT2D eigenvalue weighted by molar-refractivity contribution is -0.190.